The number of hydrogen-bond donors (Lipinski definition) is 0. The van der Waals surface area contributed by atoms with E-state index in [9.17, 15) is 13.2 Å². The van der Waals surface area contributed by atoms with Crippen molar-refractivity contribution in [1.29, 1.82) is 0 Å². The van der Waals surface area contributed by atoms with E-state index >= 15 is 0 Å². The molecule has 3 rings (SSSR count). The van der Waals surface area contributed by atoms with Crippen molar-refractivity contribution < 1.29 is 22.6 Å². The summed E-state index contributed by atoms with van der Waals surface area (Å²) in [6.07, 6.45) is 4.26. The first-order chi connectivity index (χ1) is 12.4. The highest BCUT2D eigenvalue weighted by atomic mass is 19.4. The molecule has 2 aromatic rings. The predicted octanol–water partition coefficient (Wildman–Crippen LogP) is 3.87. The smallest absolute Gasteiger partial charge is 0.436 e. The van der Waals surface area contributed by atoms with Gasteiger partial charge >= 0.3 is 12.2 Å². The van der Waals surface area contributed by atoms with Crippen LogP contribution in [0.1, 0.15) is 24.6 Å². The van der Waals surface area contributed by atoms with E-state index in [-0.39, 0.29) is 22.9 Å². The van der Waals surface area contributed by atoms with Crippen LogP contribution >= 0.6 is 0 Å². The summed E-state index contributed by atoms with van der Waals surface area (Å²) in [5.41, 5.74) is -0.356. The molecule has 1 aliphatic rings. The lowest BCUT2D eigenvalue weighted by molar-refractivity contribution is -0.140. The molecular formula is C17H17F3N4O2. The maximum Gasteiger partial charge on any atom is 0.436 e. The van der Waals surface area contributed by atoms with E-state index < -0.39 is 17.9 Å². The Morgan fingerprint density at radius 2 is 2.00 bits per heavy atom. The Morgan fingerprint density at radius 3 is 2.54 bits per heavy atom. The van der Waals surface area contributed by atoms with Gasteiger partial charge in [0.1, 0.15) is 5.39 Å². The summed E-state index contributed by atoms with van der Waals surface area (Å²) in [5.74, 6) is -0.249. The maximum atomic E-state index is 13.6. The second-order valence-corrected chi connectivity index (χ2v) is 5.57. The van der Waals surface area contributed by atoms with Crippen LogP contribution in [0, 0.1) is 0 Å². The Kier molecular flexibility index (Phi) is 4.71. The van der Waals surface area contributed by atoms with Crippen LogP contribution in [0.2, 0.25) is 0 Å². The topological polar surface area (TPSA) is 62.1 Å². The van der Waals surface area contributed by atoms with Gasteiger partial charge in [0.05, 0.1) is 20.3 Å². The number of alkyl halides is 3. The average Bonchev–Trinajstić information content (AvgIpc) is 3.02. The highest BCUT2D eigenvalue weighted by Crippen LogP contribution is 2.40. The Hall–Kier alpha value is -2.84. The van der Waals surface area contributed by atoms with Gasteiger partial charge in [-0.2, -0.15) is 28.2 Å². The number of fused-ring (bicyclic) bond motifs is 1. The molecule has 0 N–H and O–H groups in total. The summed E-state index contributed by atoms with van der Waals surface area (Å²) < 4.78 is 51.9. The van der Waals surface area contributed by atoms with E-state index in [0.29, 0.717) is 0 Å². The van der Waals surface area contributed by atoms with E-state index in [4.69, 9.17) is 9.47 Å². The number of hydrogen-bond acceptors (Lipinski definition) is 5. The van der Waals surface area contributed by atoms with Gasteiger partial charge in [0, 0.05) is 0 Å². The lowest BCUT2D eigenvalue weighted by atomic mass is 10.0. The molecule has 2 heterocycles. The Bertz CT molecular complexity index is 900. The van der Waals surface area contributed by atoms with Crippen molar-refractivity contribution in [2.24, 2.45) is 0 Å². The number of allylic oxidation sites excluding steroid dienone is 5. The van der Waals surface area contributed by atoms with Crippen molar-refractivity contribution in [2.75, 3.05) is 14.2 Å². The fraction of sp³-hybridized carbons (Fsp3) is 0.353. The molecule has 0 spiro atoms. The highest BCUT2D eigenvalue weighted by molar-refractivity contribution is 5.85. The van der Waals surface area contributed by atoms with Crippen molar-refractivity contribution in [3.8, 4) is 11.9 Å². The molecule has 0 radical (unpaired) electrons. The summed E-state index contributed by atoms with van der Waals surface area (Å²) in [7, 11) is 2.56. The van der Waals surface area contributed by atoms with Gasteiger partial charge in [-0.05, 0) is 18.4 Å². The molecule has 2 aromatic heterocycles. The zero-order valence-corrected chi connectivity index (χ0v) is 14.2. The summed E-state index contributed by atoms with van der Waals surface area (Å²) in [5, 5.41) is 3.49. The third-order valence-corrected chi connectivity index (χ3v) is 3.99. The molecule has 1 aliphatic carbocycles. The molecule has 0 aromatic carbocycles. The van der Waals surface area contributed by atoms with Gasteiger partial charge in [0.15, 0.2) is 11.3 Å². The third-order valence-electron chi connectivity index (χ3n) is 3.99. The number of rotatable bonds is 5. The van der Waals surface area contributed by atoms with Crippen LogP contribution in [0.25, 0.3) is 11.0 Å². The summed E-state index contributed by atoms with van der Waals surface area (Å²) in [6.45, 7) is 3.75. The maximum absolute atomic E-state index is 13.6. The van der Waals surface area contributed by atoms with Gasteiger partial charge in [-0.15, -0.1) is 6.58 Å². The SMILES string of the molecule is C=CC(C1=CCCC=C1)n1nc(C(F)(F)F)c2c(OC)nc(OC)nc21. The molecule has 6 nitrogen and oxygen atoms in total. The summed E-state index contributed by atoms with van der Waals surface area (Å²) in [6, 6.07) is -0.727. The zero-order valence-electron chi connectivity index (χ0n) is 14.2. The van der Waals surface area contributed by atoms with Crippen molar-refractivity contribution in [1.82, 2.24) is 19.7 Å². The number of ether oxygens (including phenoxy) is 2. The van der Waals surface area contributed by atoms with Crippen molar-refractivity contribution in [3.05, 3.63) is 42.2 Å². The van der Waals surface area contributed by atoms with Crippen LogP contribution < -0.4 is 9.47 Å². The van der Waals surface area contributed by atoms with E-state index in [1.807, 2.05) is 18.2 Å². The standard InChI is InChI=1S/C17H17F3N4O2/c1-4-11(10-8-6-5-7-9-10)24-14-12(13(23-24)17(18,19)20)15(25-2)22-16(21-14)26-3/h4,6,8-9,11H,1,5,7H2,2-3H3. The van der Waals surface area contributed by atoms with Gasteiger partial charge in [-0.1, -0.05) is 24.3 Å². The van der Waals surface area contributed by atoms with Gasteiger partial charge in [0.2, 0.25) is 5.88 Å². The Morgan fingerprint density at radius 1 is 1.23 bits per heavy atom. The molecule has 0 saturated carbocycles. The minimum atomic E-state index is -4.70. The number of aromatic nitrogens is 4. The second kappa shape index (κ2) is 6.81. The van der Waals surface area contributed by atoms with Crippen LogP contribution in [-0.4, -0.2) is 34.0 Å². The van der Waals surface area contributed by atoms with Gasteiger partial charge in [-0.25, -0.2) is 4.68 Å². The molecular weight excluding hydrogens is 349 g/mol. The monoisotopic (exact) mass is 366 g/mol. The average molecular weight is 366 g/mol. The minimum absolute atomic E-state index is 0.0363. The van der Waals surface area contributed by atoms with Gasteiger partial charge in [-0.3, -0.25) is 0 Å². The van der Waals surface area contributed by atoms with Gasteiger partial charge < -0.3 is 9.47 Å². The summed E-state index contributed by atoms with van der Waals surface area (Å²) >= 11 is 0. The molecule has 0 aliphatic heterocycles. The van der Waals surface area contributed by atoms with Crippen LogP contribution in [0.5, 0.6) is 11.9 Å². The Labute approximate surface area is 147 Å². The second-order valence-electron chi connectivity index (χ2n) is 5.57. The molecule has 1 unspecified atom stereocenters. The van der Waals surface area contributed by atoms with Crippen LogP contribution in [0.4, 0.5) is 13.2 Å². The molecule has 26 heavy (non-hydrogen) atoms. The molecule has 9 heteroatoms. The first-order valence-electron chi connectivity index (χ1n) is 7.85. The Balaban J connectivity index is 2.32. The molecule has 0 saturated heterocycles. The first-order valence-corrected chi connectivity index (χ1v) is 7.85. The van der Waals surface area contributed by atoms with Crippen LogP contribution in [0.3, 0.4) is 0 Å². The highest BCUT2D eigenvalue weighted by Gasteiger charge is 2.40. The molecule has 1 atom stereocenters. The molecule has 0 bridgehead atoms. The van der Waals surface area contributed by atoms with E-state index in [2.05, 4.69) is 21.6 Å². The summed E-state index contributed by atoms with van der Waals surface area (Å²) in [4.78, 5) is 7.95. The molecule has 0 amide bonds. The van der Waals surface area contributed by atoms with Crippen molar-refractivity contribution in [2.45, 2.75) is 25.1 Å². The number of halogens is 3. The third kappa shape index (κ3) is 3.04. The van der Waals surface area contributed by atoms with Crippen molar-refractivity contribution in [3.63, 3.8) is 0 Å². The largest absolute Gasteiger partial charge is 0.480 e. The zero-order chi connectivity index (χ0) is 18.9. The fourth-order valence-electron chi connectivity index (χ4n) is 2.85. The predicted molar refractivity (Wildman–Crippen MR) is 89.1 cm³/mol. The number of nitrogens with zero attached hydrogens (tertiary/aromatic N) is 4. The molecule has 0 fully saturated rings. The number of methoxy groups -OCH3 is 2. The first kappa shape index (κ1) is 18.0. The van der Waals surface area contributed by atoms with E-state index in [1.165, 1.54) is 25.0 Å². The normalized spacial score (nSPS) is 15.7. The molecule has 138 valence electrons. The van der Waals surface area contributed by atoms with Crippen LogP contribution in [-0.2, 0) is 6.18 Å². The van der Waals surface area contributed by atoms with Crippen LogP contribution in [0.15, 0.2) is 36.5 Å². The fourth-order valence-corrected chi connectivity index (χ4v) is 2.85. The quantitative estimate of drug-likeness (QED) is 0.752. The van der Waals surface area contributed by atoms with E-state index in [0.717, 1.165) is 18.4 Å². The lowest BCUT2D eigenvalue weighted by Crippen LogP contribution is -2.14. The van der Waals surface area contributed by atoms with Gasteiger partial charge in [0.25, 0.3) is 0 Å². The van der Waals surface area contributed by atoms with E-state index in [1.54, 1.807) is 0 Å². The lowest BCUT2D eigenvalue weighted by Gasteiger charge is -2.17. The minimum Gasteiger partial charge on any atom is -0.480 e. The van der Waals surface area contributed by atoms with Crippen molar-refractivity contribution >= 4 is 11.0 Å².